The first-order chi connectivity index (χ1) is 13.7. The van der Waals surface area contributed by atoms with E-state index < -0.39 is 5.82 Å². The van der Waals surface area contributed by atoms with Crippen molar-refractivity contribution < 1.29 is 9.18 Å². The van der Waals surface area contributed by atoms with Gasteiger partial charge in [0.05, 0.1) is 17.6 Å². The summed E-state index contributed by atoms with van der Waals surface area (Å²) in [6.45, 7) is 0.749. The molecule has 2 aromatic heterocycles. The van der Waals surface area contributed by atoms with E-state index in [0.29, 0.717) is 24.4 Å². The zero-order valence-electron chi connectivity index (χ0n) is 16.0. The standard InChI is InChI=1S/C21H24FN5O/c1-23-21(28)27-12-3-2-5-14(27)7-9-19-17(22)13-25-20(26-19)16-8-10-18-15(16)6-4-11-24-18/h4,6,8,11,13-14H,2-3,5,7,9-10,12H2,1H3,(H,23,28)/t14-/m1/s1. The molecule has 0 unspecified atom stereocenters. The SMILES string of the molecule is CNC(=O)N1CCCC[C@@H]1CCc1nc(C2=CCc3ncccc32)ncc1F. The molecule has 1 atom stereocenters. The molecule has 2 amide bonds. The molecular weight excluding hydrogens is 357 g/mol. The van der Waals surface area contributed by atoms with Crippen molar-refractivity contribution >= 4 is 11.6 Å². The van der Waals surface area contributed by atoms with E-state index in [1.807, 2.05) is 23.1 Å². The van der Waals surface area contributed by atoms with Gasteiger partial charge in [0.2, 0.25) is 0 Å². The minimum Gasteiger partial charge on any atom is -0.341 e. The van der Waals surface area contributed by atoms with Gasteiger partial charge in [0.15, 0.2) is 11.6 Å². The van der Waals surface area contributed by atoms with Crippen molar-refractivity contribution in [2.45, 2.75) is 44.6 Å². The highest BCUT2D eigenvalue weighted by atomic mass is 19.1. The van der Waals surface area contributed by atoms with Crippen LogP contribution in [0.25, 0.3) is 5.57 Å². The fourth-order valence-corrected chi connectivity index (χ4v) is 4.09. The van der Waals surface area contributed by atoms with E-state index in [1.165, 1.54) is 6.20 Å². The number of aryl methyl sites for hydroxylation is 1. The second kappa shape index (κ2) is 8.04. The number of allylic oxidation sites excluding steroid dienone is 1. The van der Waals surface area contributed by atoms with E-state index in [9.17, 15) is 9.18 Å². The van der Waals surface area contributed by atoms with Crippen molar-refractivity contribution in [3.05, 3.63) is 59.2 Å². The molecular formula is C21H24FN5O. The van der Waals surface area contributed by atoms with E-state index in [1.54, 1.807) is 13.2 Å². The Kier molecular flexibility index (Phi) is 5.32. The Bertz CT molecular complexity index is 913. The van der Waals surface area contributed by atoms with Crippen LogP contribution in [-0.4, -0.2) is 45.5 Å². The van der Waals surface area contributed by atoms with Crippen molar-refractivity contribution in [2.24, 2.45) is 0 Å². The predicted octanol–water partition coefficient (Wildman–Crippen LogP) is 3.13. The molecule has 146 valence electrons. The van der Waals surface area contributed by atoms with Crippen LogP contribution in [0.1, 0.15) is 48.5 Å². The number of likely N-dealkylation sites (tertiary alicyclic amines) is 1. The van der Waals surface area contributed by atoms with Gasteiger partial charge in [-0.25, -0.2) is 19.2 Å². The molecule has 28 heavy (non-hydrogen) atoms. The lowest BCUT2D eigenvalue weighted by Crippen LogP contribution is -2.47. The largest absolute Gasteiger partial charge is 0.341 e. The third kappa shape index (κ3) is 3.61. The zero-order chi connectivity index (χ0) is 19.5. The van der Waals surface area contributed by atoms with Crippen molar-refractivity contribution in [1.29, 1.82) is 0 Å². The van der Waals surface area contributed by atoms with Gasteiger partial charge in [-0.05, 0) is 38.2 Å². The lowest BCUT2D eigenvalue weighted by molar-refractivity contribution is 0.148. The number of rotatable bonds is 4. The fourth-order valence-electron chi connectivity index (χ4n) is 4.09. The molecule has 6 nitrogen and oxygen atoms in total. The van der Waals surface area contributed by atoms with Crippen LogP contribution in [0.3, 0.4) is 0 Å². The smallest absolute Gasteiger partial charge is 0.317 e. The zero-order valence-corrected chi connectivity index (χ0v) is 16.0. The highest BCUT2D eigenvalue weighted by Gasteiger charge is 2.26. The molecule has 2 aliphatic rings. The van der Waals surface area contributed by atoms with Gasteiger partial charge in [-0.3, -0.25) is 4.98 Å². The average Bonchev–Trinajstić information content (AvgIpc) is 3.17. The lowest BCUT2D eigenvalue weighted by Gasteiger charge is -2.35. The molecule has 1 saturated heterocycles. The number of nitrogens with one attached hydrogen (secondary N) is 1. The number of piperidine rings is 1. The first kappa shape index (κ1) is 18.5. The number of fused-ring (bicyclic) bond motifs is 1. The lowest BCUT2D eigenvalue weighted by atomic mass is 9.97. The van der Waals surface area contributed by atoms with Crippen LogP contribution in [0.5, 0.6) is 0 Å². The van der Waals surface area contributed by atoms with Gasteiger partial charge in [0.25, 0.3) is 0 Å². The number of nitrogens with zero attached hydrogens (tertiary/aromatic N) is 4. The molecule has 1 N–H and O–H groups in total. The van der Waals surface area contributed by atoms with Crippen LogP contribution in [0.2, 0.25) is 0 Å². The maximum atomic E-state index is 14.4. The van der Waals surface area contributed by atoms with Gasteiger partial charge in [0, 0.05) is 43.4 Å². The summed E-state index contributed by atoms with van der Waals surface area (Å²) < 4.78 is 14.4. The van der Waals surface area contributed by atoms with Gasteiger partial charge in [0.1, 0.15) is 0 Å². The molecule has 1 aliphatic heterocycles. The molecule has 4 rings (SSSR count). The average molecular weight is 381 g/mol. The van der Waals surface area contributed by atoms with Crippen molar-refractivity contribution in [2.75, 3.05) is 13.6 Å². The van der Waals surface area contributed by atoms with Crippen LogP contribution >= 0.6 is 0 Å². The monoisotopic (exact) mass is 381 g/mol. The number of hydrogen-bond acceptors (Lipinski definition) is 4. The third-order valence-corrected chi connectivity index (χ3v) is 5.55. The Hall–Kier alpha value is -2.83. The van der Waals surface area contributed by atoms with Crippen LogP contribution < -0.4 is 5.32 Å². The van der Waals surface area contributed by atoms with Crippen molar-refractivity contribution in [3.63, 3.8) is 0 Å². The minimum atomic E-state index is -0.393. The number of halogens is 1. The highest BCUT2D eigenvalue weighted by Crippen LogP contribution is 2.30. The van der Waals surface area contributed by atoms with E-state index in [2.05, 4.69) is 20.3 Å². The van der Waals surface area contributed by atoms with E-state index in [4.69, 9.17) is 0 Å². The molecule has 0 spiro atoms. The summed E-state index contributed by atoms with van der Waals surface area (Å²) in [4.78, 5) is 27.1. The second-order valence-electron chi connectivity index (χ2n) is 7.24. The molecule has 0 radical (unpaired) electrons. The maximum Gasteiger partial charge on any atom is 0.317 e. The number of carbonyl (C=O) groups is 1. The summed E-state index contributed by atoms with van der Waals surface area (Å²) in [5.41, 5.74) is 3.33. The number of aromatic nitrogens is 3. The van der Waals surface area contributed by atoms with Crippen LogP contribution in [0.4, 0.5) is 9.18 Å². The van der Waals surface area contributed by atoms with Gasteiger partial charge in [-0.1, -0.05) is 12.1 Å². The van der Waals surface area contributed by atoms with E-state index in [0.717, 1.165) is 49.1 Å². The molecule has 1 aliphatic carbocycles. The first-order valence-electron chi connectivity index (χ1n) is 9.82. The van der Waals surface area contributed by atoms with E-state index >= 15 is 0 Å². The van der Waals surface area contributed by atoms with Gasteiger partial charge < -0.3 is 10.2 Å². The van der Waals surface area contributed by atoms with E-state index in [-0.39, 0.29) is 12.1 Å². The summed E-state index contributed by atoms with van der Waals surface area (Å²) in [6, 6.07) is 3.94. The topological polar surface area (TPSA) is 71.0 Å². The summed E-state index contributed by atoms with van der Waals surface area (Å²) in [6.07, 6.45) is 10.0. The predicted molar refractivity (Wildman–Crippen MR) is 104 cm³/mol. The molecule has 0 aromatic carbocycles. The Morgan fingerprint density at radius 1 is 1.36 bits per heavy atom. The number of carbonyl (C=O) groups excluding carboxylic acids is 1. The second-order valence-corrected chi connectivity index (χ2v) is 7.24. The summed E-state index contributed by atoms with van der Waals surface area (Å²) in [5, 5.41) is 2.70. The van der Waals surface area contributed by atoms with Gasteiger partial charge in [-0.15, -0.1) is 0 Å². The van der Waals surface area contributed by atoms with Gasteiger partial charge >= 0.3 is 6.03 Å². The summed E-state index contributed by atoms with van der Waals surface area (Å²) in [5.74, 6) is 0.144. The van der Waals surface area contributed by atoms with Crippen LogP contribution in [0.15, 0.2) is 30.6 Å². The van der Waals surface area contributed by atoms with Crippen LogP contribution in [0, 0.1) is 5.82 Å². The normalized spacial score (nSPS) is 18.6. The van der Waals surface area contributed by atoms with Gasteiger partial charge in [-0.2, -0.15) is 0 Å². The van der Waals surface area contributed by atoms with Crippen LogP contribution in [-0.2, 0) is 12.8 Å². The minimum absolute atomic E-state index is 0.0613. The Labute approximate surface area is 163 Å². The highest BCUT2D eigenvalue weighted by molar-refractivity contribution is 5.80. The Morgan fingerprint density at radius 3 is 3.11 bits per heavy atom. The molecule has 7 heteroatoms. The number of hydrogen-bond donors (Lipinski definition) is 1. The van der Waals surface area contributed by atoms with Crippen molar-refractivity contribution in [1.82, 2.24) is 25.2 Å². The molecule has 3 heterocycles. The number of amides is 2. The fraction of sp³-hybridized carbons (Fsp3) is 0.429. The maximum absolute atomic E-state index is 14.4. The molecule has 1 fully saturated rings. The summed E-state index contributed by atoms with van der Waals surface area (Å²) in [7, 11) is 1.65. The molecule has 2 aromatic rings. The quantitative estimate of drug-likeness (QED) is 0.883. The summed E-state index contributed by atoms with van der Waals surface area (Å²) >= 11 is 0. The number of pyridine rings is 1. The first-order valence-corrected chi connectivity index (χ1v) is 9.82. The Morgan fingerprint density at radius 2 is 2.25 bits per heavy atom. The number of urea groups is 1. The van der Waals surface area contributed by atoms with Crippen molar-refractivity contribution in [3.8, 4) is 0 Å². The third-order valence-electron chi connectivity index (χ3n) is 5.55. The molecule has 0 saturated carbocycles. The molecule has 0 bridgehead atoms. The Balaban J connectivity index is 1.51.